The Morgan fingerprint density at radius 3 is 2.05 bits per heavy atom. The first-order valence-corrected chi connectivity index (χ1v) is 7.48. The van der Waals surface area contributed by atoms with Crippen LogP contribution in [0.1, 0.15) is 6.42 Å². The number of rotatable bonds is 13. The summed E-state index contributed by atoms with van der Waals surface area (Å²) in [5.74, 6) is 2.39. The van der Waals surface area contributed by atoms with Crippen molar-refractivity contribution in [1.29, 1.82) is 0 Å². The summed E-state index contributed by atoms with van der Waals surface area (Å²) >= 11 is 0. The highest BCUT2D eigenvalue weighted by Crippen LogP contribution is 2.07. The molecule has 1 aliphatic rings. The molecule has 1 N–H and O–H groups in total. The number of nitrogens with zero attached hydrogens (tertiary/aromatic N) is 1. The lowest BCUT2D eigenvalue weighted by molar-refractivity contribution is -0.000755. The number of hydrogen-bond acceptors (Lipinski definition) is 6. The van der Waals surface area contributed by atoms with Crippen molar-refractivity contribution in [2.24, 2.45) is 0 Å². The molecule has 1 saturated heterocycles. The van der Waals surface area contributed by atoms with Crippen LogP contribution in [0.3, 0.4) is 0 Å². The van der Waals surface area contributed by atoms with E-state index in [1.165, 1.54) is 0 Å². The summed E-state index contributed by atoms with van der Waals surface area (Å²) in [5, 5.41) is 9.37. The second-order valence-electron chi connectivity index (χ2n) is 4.84. The van der Waals surface area contributed by atoms with Crippen LogP contribution >= 0.6 is 0 Å². The molecule has 1 fully saturated rings. The van der Waals surface area contributed by atoms with Crippen molar-refractivity contribution < 1.29 is 24.1 Å². The summed E-state index contributed by atoms with van der Waals surface area (Å²) in [6.07, 6.45) is 5.75. The van der Waals surface area contributed by atoms with E-state index in [2.05, 4.69) is 10.8 Å². The number of aliphatic hydroxyl groups is 1. The number of aliphatic hydroxyl groups excluding tert-OH is 1. The molecule has 0 amide bonds. The van der Waals surface area contributed by atoms with E-state index in [0.29, 0.717) is 52.9 Å². The highest BCUT2D eigenvalue weighted by atomic mass is 16.6. The van der Waals surface area contributed by atoms with Crippen LogP contribution in [0.2, 0.25) is 0 Å². The third-order valence-electron chi connectivity index (χ3n) is 3.10. The Morgan fingerprint density at radius 1 is 0.952 bits per heavy atom. The highest BCUT2D eigenvalue weighted by Gasteiger charge is 2.19. The van der Waals surface area contributed by atoms with Gasteiger partial charge in [0.15, 0.2) is 0 Å². The third-order valence-corrected chi connectivity index (χ3v) is 3.10. The van der Waals surface area contributed by atoms with E-state index in [0.717, 1.165) is 26.1 Å². The SMILES string of the molecule is C#CCOCCOCCOCCOCCN1CC[C@@H](O)C1. The van der Waals surface area contributed by atoms with Crippen molar-refractivity contribution >= 4 is 0 Å². The predicted molar refractivity (Wildman–Crippen MR) is 79.2 cm³/mol. The molecule has 0 aromatic carbocycles. The van der Waals surface area contributed by atoms with Gasteiger partial charge in [0.1, 0.15) is 6.61 Å². The van der Waals surface area contributed by atoms with E-state index in [1.54, 1.807) is 0 Å². The molecule has 6 heteroatoms. The van der Waals surface area contributed by atoms with Crippen LogP contribution in [-0.2, 0) is 18.9 Å². The van der Waals surface area contributed by atoms with Crippen molar-refractivity contribution in [3.63, 3.8) is 0 Å². The summed E-state index contributed by atoms with van der Waals surface area (Å²) in [6, 6.07) is 0. The highest BCUT2D eigenvalue weighted by molar-refractivity contribution is 4.82. The largest absolute Gasteiger partial charge is 0.392 e. The molecule has 1 rings (SSSR count). The molecular weight excluding hydrogens is 274 g/mol. The molecule has 0 spiro atoms. The monoisotopic (exact) mass is 301 g/mol. The molecule has 0 radical (unpaired) electrons. The van der Waals surface area contributed by atoms with E-state index in [-0.39, 0.29) is 6.10 Å². The van der Waals surface area contributed by atoms with Gasteiger partial charge in [-0.05, 0) is 6.42 Å². The third kappa shape index (κ3) is 10.7. The number of likely N-dealkylation sites (tertiary alicyclic amines) is 1. The second-order valence-corrected chi connectivity index (χ2v) is 4.84. The fourth-order valence-electron chi connectivity index (χ4n) is 2.00. The zero-order valence-electron chi connectivity index (χ0n) is 12.7. The maximum Gasteiger partial charge on any atom is 0.107 e. The normalized spacial score (nSPS) is 19.0. The first-order valence-electron chi connectivity index (χ1n) is 7.48. The predicted octanol–water partition coefficient (Wildman–Crippen LogP) is -0.247. The van der Waals surface area contributed by atoms with Crippen LogP contribution in [-0.4, -0.2) is 88.6 Å². The van der Waals surface area contributed by atoms with E-state index < -0.39 is 0 Å². The minimum atomic E-state index is -0.162. The molecule has 6 nitrogen and oxygen atoms in total. The minimum absolute atomic E-state index is 0.162. The maximum atomic E-state index is 9.37. The lowest BCUT2D eigenvalue weighted by atomic mass is 10.3. The molecule has 0 saturated carbocycles. The van der Waals surface area contributed by atoms with Gasteiger partial charge in [-0.15, -0.1) is 6.42 Å². The molecule has 0 unspecified atom stereocenters. The van der Waals surface area contributed by atoms with Crippen molar-refractivity contribution in [1.82, 2.24) is 4.90 Å². The van der Waals surface area contributed by atoms with Gasteiger partial charge in [0.25, 0.3) is 0 Å². The Morgan fingerprint density at radius 2 is 1.52 bits per heavy atom. The molecule has 122 valence electrons. The lowest BCUT2D eigenvalue weighted by Gasteiger charge is -2.14. The van der Waals surface area contributed by atoms with Gasteiger partial charge in [-0.1, -0.05) is 5.92 Å². The topological polar surface area (TPSA) is 60.4 Å². The lowest BCUT2D eigenvalue weighted by Crippen LogP contribution is -2.26. The maximum absolute atomic E-state index is 9.37. The van der Waals surface area contributed by atoms with Crippen molar-refractivity contribution in [3.8, 4) is 12.3 Å². The van der Waals surface area contributed by atoms with Crippen LogP contribution in [0.15, 0.2) is 0 Å². The Bertz CT molecular complexity index is 282. The van der Waals surface area contributed by atoms with E-state index in [4.69, 9.17) is 25.4 Å². The van der Waals surface area contributed by atoms with Crippen molar-refractivity contribution in [2.75, 3.05) is 72.5 Å². The van der Waals surface area contributed by atoms with Crippen LogP contribution in [0.25, 0.3) is 0 Å². The molecule has 1 aliphatic heterocycles. The molecular formula is C15H27NO5. The summed E-state index contributed by atoms with van der Waals surface area (Å²) in [7, 11) is 0. The van der Waals surface area contributed by atoms with Crippen LogP contribution in [0, 0.1) is 12.3 Å². The molecule has 1 heterocycles. The van der Waals surface area contributed by atoms with Crippen LogP contribution < -0.4 is 0 Å². The average Bonchev–Trinajstić information content (AvgIpc) is 2.89. The van der Waals surface area contributed by atoms with Gasteiger partial charge in [0.05, 0.1) is 52.4 Å². The van der Waals surface area contributed by atoms with E-state index >= 15 is 0 Å². The van der Waals surface area contributed by atoms with Gasteiger partial charge in [-0.3, -0.25) is 4.90 Å². The second kappa shape index (κ2) is 13.0. The molecule has 1 atom stereocenters. The first-order chi connectivity index (χ1) is 10.3. The van der Waals surface area contributed by atoms with Gasteiger partial charge in [0, 0.05) is 19.6 Å². The van der Waals surface area contributed by atoms with Gasteiger partial charge in [0.2, 0.25) is 0 Å². The summed E-state index contributed by atoms with van der Waals surface area (Å²) in [4.78, 5) is 2.21. The standard InChI is InChI=1S/C15H27NO5/c1-2-6-18-8-10-20-12-13-21-11-9-19-7-5-16-4-3-15(17)14-16/h1,15,17H,3-14H2/t15-/m1/s1. The zero-order valence-corrected chi connectivity index (χ0v) is 12.7. The fraction of sp³-hybridized carbons (Fsp3) is 0.867. The molecule has 0 bridgehead atoms. The van der Waals surface area contributed by atoms with Gasteiger partial charge >= 0.3 is 0 Å². The van der Waals surface area contributed by atoms with Crippen molar-refractivity contribution in [2.45, 2.75) is 12.5 Å². The number of hydrogen-bond donors (Lipinski definition) is 1. The summed E-state index contributed by atoms with van der Waals surface area (Å²) in [6.45, 7) is 6.90. The summed E-state index contributed by atoms with van der Waals surface area (Å²) in [5.41, 5.74) is 0. The zero-order chi connectivity index (χ0) is 15.2. The van der Waals surface area contributed by atoms with Gasteiger partial charge in [-0.25, -0.2) is 0 Å². The van der Waals surface area contributed by atoms with Crippen molar-refractivity contribution in [3.05, 3.63) is 0 Å². The fourth-order valence-corrected chi connectivity index (χ4v) is 2.00. The number of β-amino-alcohol motifs (C(OH)–C–C–N with tert-alkyl or cyclic N) is 1. The molecule has 21 heavy (non-hydrogen) atoms. The summed E-state index contributed by atoms with van der Waals surface area (Å²) < 4.78 is 21.2. The van der Waals surface area contributed by atoms with Gasteiger partial charge in [-0.2, -0.15) is 0 Å². The Kier molecular flexibility index (Phi) is 11.4. The number of ether oxygens (including phenoxy) is 4. The van der Waals surface area contributed by atoms with E-state index in [1.807, 2.05) is 0 Å². The number of terminal acetylenes is 1. The molecule has 0 aromatic heterocycles. The Hall–Kier alpha value is -0.680. The first kappa shape index (κ1) is 18.4. The van der Waals surface area contributed by atoms with Crippen LogP contribution in [0.4, 0.5) is 0 Å². The quantitative estimate of drug-likeness (QED) is 0.374. The smallest absolute Gasteiger partial charge is 0.107 e. The van der Waals surface area contributed by atoms with E-state index in [9.17, 15) is 5.11 Å². The molecule has 0 aliphatic carbocycles. The minimum Gasteiger partial charge on any atom is -0.392 e. The van der Waals surface area contributed by atoms with Crippen LogP contribution in [0.5, 0.6) is 0 Å². The Balaban J connectivity index is 1.70. The Labute approximate surface area is 127 Å². The van der Waals surface area contributed by atoms with Gasteiger partial charge < -0.3 is 24.1 Å². The molecule has 0 aromatic rings. The average molecular weight is 301 g/mol.